The van der Waals surface area contributed by atoms with Crippen molar-refractivity contribution < 1.29 is 24.2 Å². The molecule has 1 fully saturated rings. The number of ether oxygens (including phenoxy) is 2. The zero-order valence-electron chi connectivity index (χ0n) is 19.6. The minimum atomic E-state index is -0.902. The maximum absolute atomic E-state index is 13.3. The Balaban J connectivity index is 1.91. The van der Waals surface area contributed by atoms with Gasteiger partial charge in [0, 0.05) is 11.3 Å². The number of nitriles is 1. The van der Waals surface area contributed by atoms with Crippen LogP contribution in [-0.2, 0) is 9.59 Å². The third-order valence-electron chi connectivity index (χ3n) is 5.63. The monoisotopic (exact) mass is 468 g/mol. The molecular formula is C28H24N2O5. The van der Waals surface area contributed by atoms with Gasteiger partial charge in [-0.05, 0) is 80.1 Å². The van der Waals surface area contributed by atoms with Crippen LogP contribution in [0.15, 0.2) is 78.4 Å². The van der Waals surface area contributed by atoms with E-state index >= 15 is 0 Å². The van der Waals surface area contributed by atoms with E-state index in [0.29, 0.717) is 33.9 Å². The van der Waals surface area contributed by atoms with E-state index in [4.69, 9.17) is 14.7 Å². The number of nitrogens with zero attached hydrogens (tertiary/aromatic N) is 2. The number of Topliss-reactive ketones (excluding diaryl/α,β-unsaturated/α-hetero) is 1. The lowest BCUT2D eigenvalue weighted by molar-refractivity contribution is -0.132. The van der Waals surface area contributed by atoms with Gasteiger partial charge in [0.05, 0.1) is 36.5 Å². The number of amides is 1. The molecule has 0 radical (unpaired) electrons. The Morgan fingerprint density at radius 3 is 2.29 bits per heavy atom. The number of methoxy groups -OCH3 is 1. The number of benzene rings is 3. The molecule has 1 N–H and O–H groups in total. The fourth-order valence-corrected chi connectivity index (χ4v) is 4.05. The molecule has 0 spiro atoms. The second-order valence-electron chi connectivity index (χ2n) is 8.30. The molecule has 1 heterocycles. The summed E-state index contributed by atoms with van der Waals surface area (Å²) >= 11 is 0. The van der Waals surface area contributed by atoms with E-state index in [0.717, 1.165) is 0 Å². The molecule has 3 aromatic carbocycles. The van der Waals surface area contributed by atoms with Crippen molar-refractivity contribution in [3.05, 3.63) is 95.1 Å². The number of ketones is 1. The van der Waals surface area contributed by atoms with Crippen LogP contribution in [0.1, 0.15) is 36.6 Å². The van der Waals surface area contributed by atoms with E-state index in [2.05, 4.69) is 0 Å². The number of anilines is 1. The second-order valence-corrected chi connectivity index (χ2v) is 8.30. The quantitative estimate of drug-likeness (QED) is 0.311. The molecule has 7 heteroatoms. The average molecular weight is 469 g/mol. The third-order valence-corrected chi connectivity index (χ3v) is 5.63. The Kier molecular flexibility index (Phi) is 6.56. The van der Waals surface area contributed by atoms with Crippen molar-refractivity contribution in [2.24, 2.45) is 0 Å². The van der Waals surface area contributed by atoms with Gasteiger partial charge in [0.15, 0.2) is 0 Å². The number of hydrogen-bond acceptors (Lipinski definition) is 6. The first-order valence-corrected chi connectivity index (χ1v) is 11.1. The normalized spacial score (nSPS) is 16.9. The molecule has 4 rings (SSSR count). The summed E-state index contributed by atoms with van der Waals surface area (Å²) in [5.41, 5.74) is 1.80. The molecule has 0 saturated carbocycles. The number of carbonyl (C=O) groups excluding carboxylic acids is 2. The molecule has 1 aliphatic heterocycles. The standard InChI is InChI=1S/C28H24N2O5/c1-17(2)35-23-6-4-5-20(15-23)25-24(26(31)19-9-13-22(34-3)14-10-19)27(32)28(33)30(25)21-11-7-18(16-29)8-12-21/h4-15,17,25,31H,1-3H3/b26-24-. The highest BCUT2D eigenvalue weighted by atomic mass is 16.5. The topological polar surface area (TPSA) is 99.9 Å². The Bertz CT molecular complexity index is 1340. The number of carbonyl (C=O) groups is 2. The summed E-state index contributed by atoms with van der Waals surface area (Å²) in [5.74, 6) is -0.697. The first-order chi connectivity index (χ1) is 16.8. The predicted molar refractivity (Wildman–Crippen MR) is 131 cm³/mol. The van der Waals surface area contributed by atoms with E-state index in [1.807, 2.05) is 19.9 Å². The minimum Gasteiger partial charge on any atom is -0.507 e. The van der Waals surface area contributed by atoms with E-state index in [1.165, 1.54) is 12.0 Å². The summed E-state index contributed by atoms with van der Waals surface area (Å²) < 4.78 is 11.0. The van der Waals surface area contributed by atoms with Gasteiger partial charge in [-0.3, -0.25) is 14.5 Å². The second kappa shape index (κ2) is 9.74. The largest absolute Gasteiger partial charge is 0.507 e. The lowest BCUT2D eigenvalue weighted by Crippen LogP contribution is -2.29. The van der Waals surface area contributed by atoms with Crippen molar-refractivity contribution in [2.45, 2.75) is 26.0 Å². The van der Waals surface area contributed by atoms with E-state index in [9.17, 15) is 14.7 Å². The first-order valence-electron chi connectivity index (χ1n) is 11.1. The Hall–Kier alpha value is -4.57. The van der Waals surface area contributed by atoms with Crippen molar-refractivity contribution in [1.82, 2.24) is 0 Å². The summed E-state index contributed by atoms with van der Waals surface area (Å²) in [6, 6.07) is 21.2. The molecule has 7 nitrogen and oxygen atoms in total. The zero-order valence-corrected chi connectivity index (χ0v) is 19.6. The molecule has 1 aliphatic rings. The molecule has 1 atom stereocenters. The van der Waals surface area contributed by atoms with Crippen LogP contribution in [0.3, 0.4) is 0 Å². The van der Waals surface area contributed by atoms with Gasteiger partial charge >= 0.3 is 0 Å². The first kappa shape index (κ1) is 23.6. The lowest BCUT2D eigenvalue weighted by atomic mass is 9.95. The molecule has 35 heavy (non-hydrogen) atoms. The maximum atomic E-state index is 13.3. The van der Waals surface area contributed by atoms with E-state index in [-0.39, 0.29) is 17.4 Å². The fourth-order valence-electron chi connectivity index (χ4n) is 4.05. The summed E-state index contributed by atoms with van der Waals surface area (Å²) in [4.78, 5) is 27.9. The fraction of sp³-hybridized carbons (Fsp3) is 0.179. The molecule has 1 amide bonds. The van der Waals surface area contributed by atoms with Crippen LogP contribution in [0.2, 0.25) is 0 Å². The number of rotatable bonds is 6. The number of aliphatic hydroxyl groups excluding tert-OH is 1. The van der Waals surface area contributed by atoms with E-state index < -0.39 is 17.7 Å². The van der Waals surface area contributed by atoms with Crippen LogP contribution in [0, 0.1) is 11.3 Å². The average Bonchev–Trinajstić information content (AvgIpc) is 3.13. The Morgan fingerprint density at radius 1 is 1.00 bits per heavy atom. The van der Waals surface area contributed by atoms with Crippen LogP contribution < -0.4 is 14.4 Å². The molecule has 0 aromatic heterocycles. The highest BCUT2D eigenvalue weighted by Gasteiger charge is 2.47. The highest BCUT2D eigenvalue weighted by molar-refractivity contribution is 6.51. The van der Waals surface area contributed by atoms with Gasteiger partial charge in [0.1, 0.15) is 17.3 Å². The summed E-state index contributed by atoms with van der Waals surface area (Å²) in [6.45, 7) is 3.80. The minimum absolute atomic E-state index is 0.0359. The lowest BCUT2D eigenvalue weighted by Gasteiger charge is -2.26. The van der Waals surface area contributed by atoms with Crippen molar-refractivity contribution >= 4 is 23.1 Å². The molecule has 0 bridgehead atoms. The van der Waals surface area contributed by atoms with Crippen molar-refractivity contribution in [3.8, 4) is 17.6 Å². The van der Waals surface area contributed by atoms with Gasteiger partial charge in [0.25, 0.3) is 11.7 Å². The van der Waals surface area contributed by atoms with Gasteiger partial charge < -0.3 is 14.6 Å². The van der Waals surface area contributed by atoms with Gasteiger partial charge in [-0.15, -0.1) is 0 Å². The molecular weight excluding hydrogens is 444 g/mol. The molecule has 1 unspecified atom stereocenters. The van der Waals surface area contributed by atoms with Gasteiger partial charge in [-0.1, -0.05) is 12.1 Å². The summed E-state index contributed by atoms with van der Waals surface area (Å²) in [7, 11) is 1.53. The van der Waals surface area contributed by atoms with Crippen LogP contribution >= 0.6 is 0 Å². The van der Waals surface area contributed by atoms with Crippen LogP contribution in [-0.4, -0.2) is 30.0 Å². The maximum Gasteiger partial charge on any atom is 0.300 e. The smallest absolute Gasteiger partial charge is 0.300 e. The van der Waals surface area contributed by atoms with E-state index in [1.54, 1.807) is 72.8 Å². The predicted octanol–water partition coefficient (Wildman–Crippen LogP) is 4.98. The molecule has 1 saturated heterocycles. The highest BCUT2D eigenvalue weighted by Crippen LogP contribution is 2.43. The van der Waals surface area contributed by atoms with Crippen molar-refractivity contribution in [3.63, 3.8) is 0 Å². The molecule has 176 valence electrons. The van der Waals surface area contributed by atoms with Crippen LogP contribution in [0.25, 0.3) is 5.76 Å². The Morgan fingerprint density at radius 2 is 1.69 bits per heavy atom. The van der Waals surface area contributed by atoms with Crippen LogP contribution in [0.4, 0.5) is 5.69 Å². The van der Waals surface area contributed by atoms with Crippen molar-refractivity contribution in [1.29, 1.82) is 5.26 Å². The van der Waals surface area contributed by atoms with Gasteiger partial charge in [-0.25, -0.2) is 0 Å². The van der Waals surface area contributed by atoms with Gasteiger partial charge in [-0.2, -0.15) is 5.26 Å². The van der Waals surface area contributed by atoms with Crippen molar-refractivity contribution in [2.75, 3.05) is 12.0 Å². The van der Waals surface area contributed by atoms with Crippen LogP contribution in [0.5, 0.6) is 11.5 Å². The summed E-state index contributed by atoms with van der Waals surface area (Å²) in [6.07, 6.45) is -0.0746. The third kappa shape index (κ3) is 4.59. The molecule has 0 aliphatic carbocycles. The molecule has 3 aromatic rings. The number of aliphatic hydroxyl groups is 1. The SMILES string of the molecule is COc1ccc(/C(O)=C2/C(=O)C(=O)N(c3ccc(C#N)cc3)C2c2cccc(OC(C)C)c2)cc1. The summed E-state index contributed by atoms with van der Waals surface area (Å²) in [5, 5.41) is 20.4. The van der Waals surface area contributed by atoms with Gasteiger partial charge in [0.2, 0.25) is 0 Å². The zero-order chi connectivity index (χ0) is 25.1. The Labute approximate surface area is 203 Å². The number of hydrogen-bond donors (Lipinski definition) is 1.